The molecule has 5 nitrogen and oxygen atoms in total. The topological polar surface area (TPSA) is 68.5 Å². The Morgan fingerprint density at radius 3 is 2.85 bits per heavy atom. The van der Waals surface area contributed by atoms with Gasteiger partial charge >= 0.3 is 5.97 Å². The molecule has 1 heterocycles. The van der Waals surface area contributed by atoms with Gasteiger partial charge in [0.2, 0.25) is 5.76 Å². The van der Waals surface area contributed by atoms with Crippen LogP contribution in [-0.4, -0.2) is 25.0 Å². The van der Waals surface area contributed by atoms with Gasteiger partial charge in [-0.2, -0.15) is 0 Å². The summed E-state index contributed by atoms with van der Waals surface area (Å²) in [7, 11) is 0. The first-order valence-corrected chi connectivity index (χ1v) is 5.99. The van der Waals surface area contributed by atoms with Crippen LogP contribution < -0.4 is 5.32 Å². The molecule has 20 heavy (non-hydrogen) atoms. The maximum Gasteiger partial charge on any atom is 0.375 e. The Bertz CT molecular complexity index is 693. The van der Waals surface area contributed by atoms with Crippen molar-refractivity contribution in [3.8, 4) is 12.3 Å². The number of furan rings is 1. The lowest BCUT2D eigenvalue weighted by Gasteiger charge is -2.03. The summed E-state index contributed by atoms with van der Waals surface area (Å²) in [4.78, 5) is 23.2. The van der Waals surface area contributed by atoms with E-state index in [0.29, 0.717) is 11.1 Å². The minimum Gasteiger partial charge on any atom is -0.450 e. The highest BCUT2D eigenvalue weighted by molar-refractivity contribution is 5.96. The van der Waals surface area contributed by atoms with Crippen LogP contribution in [0.5, 0.6) is 0 Å². The lowest BCUT2D eigenvalue weighted by molar-refractivity contribution is -0.124. The minimum absolute atomic E-state index is 0.0973. The number of aryl methyl sites for hydroxylation is 1. The first kappa shape index (κ1) is 13.7. The van der Waals surface area contributed by atoms with Crippen LogP contribution in [0, 0.1) is 19.3 Å². The molecule has 5 heteroatoms. The van der Waals surface area contributed by atoms with E-state index >= 15 is 0 Å². The number of rotatable bonds is 4. The first-order valence-electron chi connectivity index (χ1n) is 5.99. The number of carbonyl (C=O) groups is 2. The minimum atomic E-state index is -0.672. The fraction of sp³-hybridized carbons (Fsp3) is 0.200. The molecule has 0 aliphatic rings. The van der Waals surface area contributed by atoms with E-state index in [1.165, 1.54) is 0 Å². The quantitative estimate of drug-likeness (QED) is 0.678. The van der Waals surface area contributed by atoms with Gasteiger partial charge in [-0.1, -0.05) is 24.1 Å². The number of hydrogen-bond donors (Lipinski definition) is 1. The molecular formula is C15H13NO4. The van der Waals surface area contributed by atoms with Gasteiger partial charge in [-0.25, -0.2) is 4.79 Å². The van der Waals surface area contributed by atoms with Crippen molar-refractivity contribution in [1.29, 1.82) is 0 Å². The average molecular weight is 271 g/mol. The number of carbonyl (C=O) groups excluding carboxylic acids is 2. The van der Waals surface area contributed by atoms with Gasteiger partial charge in [0.1, 0.15) is 5.58 Å². The number of ether oxygens (including phenoxy) is 1. The monoisotopic (exact) mass is 271 g/mol. The van der Waals surface area contributed by atoms with Crippen LogP contribution in [0.4, 0.5) is 0 Å². The maximum absolute atomic E-state index is 11.9. The van der Waals surface area contributed by atoms with Gasteiger partial charge < -0.3 is 14.5 Å². The van der Waals surface area contributed by atoms with Crippen LogP contribution in [0.2, 0.25) is 0 Å². The van der Waals surface area contributed by atoms with Crippen molar-refractivity contribution >= 4 is 22.8 Å². The summed E-state index contributed by atoms with van der Waals surface area (Å²) in [5.41, 5.74) is 1.29. The van der Waals surface area contributed by atoms with Crippen LogP contribution in [0.15, 0.2) is 28.7 Å². The van der Waals surface area contributed by atoms with Crippen LogP contribution in [0.25, 0.3) is 11.0 Å². The molecule has 1 aromatic heterocycles. The molecular weight excluding hydrogens is 258 g/mol. The molecule has 0 radical (unpaired) electrons. The van der Waals surface area contributed by atoms with E-state index in [9.17, 15) is 9.59 Å². The van der Waals surface area contributed by atoms with Crippen molar-refractivity contribution in [2.24, 2.45) is 0 Å². The van der Waals surface area contributed by atoms with E-state index in [1.807, 2.05) is 18.2 Å². The highest BCUT2D eigenvalue weighted by atomic mass is 16.5. The second-order valence-corrected chi connectivity index (χ2v) is 4.11. The third kappa shape index (κ3) is 2.81. The zero-order valence-electron chi connectivity index (χ0n) is 10.9. The van der Waals surface area contributed by atoms with Gasteiger partial charge in [0.25, 0.3) is 5.91 Å². The standard InChI is InChI=1S/C15H13NO4/c1-3-8-16-13(17)9-19-15(18)14-10(2)11-6-4-5-7-12(11)20-14/h1,4-7H,8-9H2,2H3,(H,16,17). The van der Waals surface area contributed by atoms with Crippen molar-refractivity contribution in [1.82, 2.24) is 5.32 Å². The van der Waals surface area contributed by atoms with E-state index in [2.05, 4.69) is 11.2 Å². The third-order valence-corrected chi connectivity index (χ3v) is 2.75. The van der Waals surface area contributed by atoms with Crippen molar-refractivity contribution in [3.05, 3.63) is 35.6 Å². The summed E-state index contributed by atoms with van der Waals surface area (Å²) in [6.07, 6.45) is 5.00. The number of hydrogen-bond acceptors (Lipinski definition) is 4. The molecule has 1 amide bonds. The number of esters is 1. The number of fused-ring (bicyclic) bond motifs is 1. The van der Waals surface area contributed by atoms with Gasteiger partial charge in [-0.3, -0.25) is 4.79 Å². The fourth-order valence-corrected chi connectivity index (χ4v) is 1.77. The molecule has 0 unspecified atom stereocenters. The summed E-state index contributed by atoms with van der Waals surface area (Å²) >= 11 is 0. The lowest BCUT2D eigenvalue weighted by Crippen LogP contribution is -2.29. The SMILES string of the molecule is C#CCNC(=O)COC(=O)c1oc2ccccc2c1C. The van der Waals surface area contributed by atoms with Crippen molar-refractivity contribution < 1.29 is 18.7 Å². The molecule has 0 bridgehead atoms. The molecule has 0 saturated carbocycles. The molecule has 0 fully saturated rings. The van der Waals surface area contributed by atoms with Crippen LogP contribution in [0.3, 0.4) is 0 Å². The molecule has 2 aromatic rings. The second kappa shape index (κ2) is 5.93. The molecule has 0 saturated heterocycles. The molecule has 1 aromatic carbocycles. The smallest absolute Gasteiger partial charge is 0.375 e. The molecule has 102 valence electrons. The Kier molecular flexibility index (Phi) is 4.06. The molecule has 1 N–H and O–H groups in total. The average Bonchev–Trinajstić information content (AvgIpc) is 2.80. The van der Waals surface area contributed by atoms with Crippen LogP contribution in [-0.2, 0) is 9.53 Å². The molecule has 2 rings (SSSR count). The van der Waals surface area contributed by atoms with Crippen molar-refractivity contribution in [2.45, 2.75) is 6.92 Å². The number of amides is 1. The Balaban J connectivity index is 2.07. The van der Waals surface area contributed by atoms with Gasteiger partial charge in [0, 0.05) is 10.9 Å². The van der Waals surface area contributed by atoms with E-state index in [1.54, 1.807) is 13.0 Å². The summed E-state index contributed by atoms with van der Waals surface area (Å²) in [6, 6.07) is 7.28. The second-order valence-electron chi connectivity index (χ2n) is 4.11. The van der Waals surface area contributed by atoms with E-state index in [0.717, 1.165) is 5.39 Å². The van der Waals surface area contributed by atoms with E-state index in [4.69, 9.17) is 15.6 Å². The Morgan fingerprint density at radius 2 is 2.15 bits per heavy atom. The maximum atomic E-state index is 11.9. The third-order valence-electron chi connectivity index (χ3n) is 2.75. The summed E-state index contributed by atoms with van der Waals surface area (Å²) < 4.78 is 10.3. The number of nitrogens with one attached hydrogen (secondary N) is 1. The predicted molar refractivity (Wildman–Crippen MR) is 73.1 cm³/mol. The Morgan fingerprint density at radius 1 is 1.40 bits per heavy atom. The zero-order valence-corrected chi connectivity index (χ0v) is 10.9. The van der Waals surface area contributed by atoms with Gasteiger partial charge in [-0.05, 0) is 13.0 Å². The van der Waals surface area contributed by atoms with Gasteiger partial charge in [0.15, 0.2) is 6.61 Å². The van der Waals surface area contributed by atoms with Gasteiger partial charge in [-0.15, -0.1) is 6.42 Å². The summed E-state index contributed by atoms with van der Waals surface area (Å²) in [5, 5.41) is 3.24. The normalized spacial score (nSPS) is 10.0. The molecule has 0 spiro atoms. The number of para-hydroxylation sites is 1. The number of terminal acetylenes is 1. The molecule has 0 atom stereocenters. The Hall–Kier alpha value is -2.74. The molecule has 0 aliphatic carbocycles. The summed E-state index contributed by atoms with van der Waals surface area (Å²) in [5.74, 6) is 1.24. The predicted octanol–water partition coefficient (Wildman–Crippen LogP) is 1.65. The molecule has 0 aliphatic heterocycles. The lowest BCUT2D eigenvalue weighted by atomic mass is 10.1. The highest BCUT2D eigenvalue weighted by Gasteiger charge is 2.19. The van der Waals surface area contributed by atoms with E-state index in [-0.39, 0.29) is 12.3 Å². The largest absolute Gasteiger partial charge is 0.450 e. The van der Waals surface area contributed by atoms with Crippen LogP contribution >= 0.6 is 0 Å². The van der Waals surface area contributed by atoms with Crippen molar-refractivity contribution in [2.75, 3.05) is 13.2 Å². The highest BCUT2D eigenvalue weighted by Crippen LogP contribution is 2.25. The van der Waals surface area contributed by atoms with E-state index < -0.39 is 18.5 Å². The van der Waals surface area contributed by atoms with Crippen molar-refractivity contribution in [3.63, 3.8) is 0 Å². The zero-order chi connectivity index (χ0) is 14.5. The Labute approximate surface area is 115 Å². The van der Waals surface area contributed by atoms with Crippen LogP contribution in [0.1, 0.15) is 16.1 Å². The number of benzene rings is 1. The van der Waals surface area contributed by atoms with Gasteiger partial charge in [0.05, 0.1) is 6.54 Å². The fourth-order valence-electron chi connectivity index (χ4n) is 1.77. The summed E-state index contributed by atoms with van der Waals surface area (Å²) in [6.45, 7) is 1.47. The first-order chi connectivity index (χ1) is 9.63.